The summed E-state index contributed by atoms with van der Waals surface area (Å²) in [6.45, 7) is 9.37. The van der Waals surface area contributed by atoms with Gasteiger partial charge in [0.25, 0.3) is 0 Å². The molecule has 5 nitrogen and oxygen atoms in total. The summed E-state index contributed by atoms with van der Waals surface area (Å²) >= 11 is 0. The Morgan fingerprint density at radius 3 is 2.61 bits per heavy atom. The Morgan fingerprint density at radius 2 is 2.06 bits per heavy atom. The summed E-state index contributed by atoms with van der Waals surface area (Å²) in [4.78, 5) is 11.2. The molecule has 0 aliphatic carbocycles. The molecule has 102 valence electrons. The first-order valence-electron chi connectivity index (χ1n) is 6.63. The van der Waals surface area contributed by atoms with Gasteiger partial charge < -0.3 is 15.0 Å². The number of nitrogens with one attached hydrogen (secondary N) is 1. The molecular formula is C13H24N4O. The maximum atomic E-state index is 5.38. The fourth-order valence-corrected chi connectivity index (χ4v) is 1.74. The summed E-state index contributed by atoms with van der Waals surface area (Å²) in [6.07, 6.45) is 1.10. The van der Waals surface area contributed by atoms with Crippen molar-refractivity contribution in [2.45, 2.75) is 33.8 Å². The molecule has 1 heterocycles. The van der Waals surface area contributed by atoms with Gasteiger partial charge in [0.15, 0.2) is 5.82 Å². The van der Waals surface area contributed by atoms with E-state index in [9.17, 15) is 0 Å². The average Bonchev–Trinajstić information content (AvgIpc) is 2.42. The van der Waals surface area contributed by atoms with E-state index >= 15 is 0 Å². The van der Waals surface area contributed by atoms with E-state index in [2.05, 4.69) is 34.0 Å². The molecule has 5 heteroatoms. The lowest BCUT2D eigenvalue weighted by Gasteiger charge is -2.22. The highest BCUT2D eigenvalue weighted by Gasteiger charge is 2.09. The second-order valence-electron chi connectivity index (χ2n) is 3.99. The maximum Gasteiger partial charge on any atom is 0.158 e. The largest absolute Gasteiger partial charge is 0.374 e. The molecule has 1 rings (SSSR count). The Bertz CT molecular complexity index is 357. The van der Waals surface area contributed by atoms with Crippen LogP contribution in [-0.4, -0.2) is 36.7 Å². The Labute approximate surface area is 110 Å². The van der Waals surface area contributed by atoms with Crippen LogP contribution in [0.15, 0.2) is 6.07 Å². The summed E-state index contributed by atoms with van der Waals surface area (Å²) in [5.74, 6) is 2.53. The fraction of sp³-hybridized carbons (Fsp3) is 0.692. The van der Waals surface area contributed by atoms with Crippen molar-refractivity contribution in [3.63, 3.8) is 0 Å². The van der Waals surface area contributed by atoms with E-state index in [-0.39, 0.29) is 0 Å². The van der Waals surface area contributed by atoms with Crippen molar-refractivity contribution in [1.29, 1.82) is 0 Å². The van der Waals surface area contributed by atoms with E-state index in [4.69, 9.17) is 4.74 Å². The van der Waals surface area contributed by atoms with Crippen LogP contribution in [0.4, 0.5) is 11.6 Å². The van der Waals surface area contributed by atoms with Crippen LogP contribution in [0.2, 0.25) is 0 Å². The summed E-state index contributed by atoms with van der Waals surface area (Å²) in [5.41, 5.74) is 0. The maximum absolute atomic E-state index is 5.38. The van der Waals surface area contributed by atoms with Crippen LogP contribution < -0.4 is 10.2 Å². The Morgan fingerprint density at radius 1 is 1.28 bits per heavy atom. The van der Waals surface area contributed by atoms with Crippen molar-refractivity contribution in [1.82, 2.24) is 9.97 Å². The SMILES string of the molecule is CCCN(CC)c1cc(NC)nc(COCC)n1. The first-order chi connectivity index (χ1) is 8.74. The number of hydrogen-bond acceptors (Lipinski definition) is 5. The van der Waals surface area contributed by atoms with Crippen molar-refractivity contribution in [2.24, 2.45) is 0 Å². The van der Waals surface area contributed by atoms with Gasteiger partial charge in [-0.25, -0.2) is 9.97 Å². The summed E-state index contributed by atoms with van der Waals surface area (Å²) in [7, 11) is 1.87. The molecule has 0 spiro atoms. The minimum atomic E-state index is 0.461. The molecule has 0 saturated heterocycles. The van der Waals surface area contributed by atoms with Crippen LogP contribution in [0.5, 0.6) is 0 Å². The van der Waals surface area contributed by atoms with Crippen LogP contribution in [0.25, 0.3) is 0 Å². The Balaban J connectivity index is 2.94. The van der Waals surface area contributed by atoms with Crippen LogP contribution in [0, 0.1) is 0 Å². The molecule has 0 aromatic carbocycles. The standard InChI is InChI=1S/C13H24N4O/c1-5-8-17(6-2)13-9-11(14-4)15-12(16-13)10-18-7-3/h9H,5-8,10H2,1-4H3,(H,14,15,16). The van der Waals surface area contributed by atoms with Crippen LogP contribution >= 0.6 is 0 Å². The highest BCUT2D eigenvalue weighted by atomic mass is 16.5. The summed E-state index contributed by atoms with van der Waals surface area (Å²) in [6, 6.07) is 1.98. The first-order valence-corrected chi connectivity index (χ1v) is 6.63. The second kappa shape index (κ2) is 7.87. The van der Waals surface area contributed by atoms with Gasteiger partial charge in [-0.15, -0.1) is 0 Å². The van der Waals surface area contributed by atoms with Gasteiger partial charge in [-0.1, -0.05) is 6.92 Å². The molecule has 0 atom stereocenters. The van der Waals surface area contributed by atoms with Crippen molar-refractivity contribution >= 4 is 11.6 Å². The zero-order valence-electron chi connectivity index (χ0n) is 11.9. The number of anilines is 2. The van der Waals surface area contributed by atoms with E-state index in [0.29, 0.717) is 13.2 Å². The van der Waals surface area contributed by atoms with Gasteiger partial charge in [0.1, 0.15) is 18.2 Å². The molecule has 18 heavy (non-hydrogen) atoms. The number of rotatable bonds is 8. The molecule has 0 aliphatic heterocycles. The zero-order valence-corrected chi connectivity index (χ0v) is 11.9. The number of ether oxygens (including phenoxy) is 1. The lowest BCUT2D eigenvalue weighted by molar-refractivity contribution is 0.128. The van der Waals surface area contributed by atoms with E-state index < -0.39 is 0 Å². The van der Waals surface area contributed by atoms with E-state index in [1.807, 2.05) is 20.0 Å². The monoisotopic (exact) mass is 252 g/mol. The third-order valence-corrected chi connectivity index (χ3v) is 2.65. The third-order valence-electron chi connectivity index (χ3n) is 2.65. The molecule has 0 unspecified atom stereocenters. The van der Waals surface area contributed by atoms with Gasteiger partial charge in [-0.2, -0.15) is 0 Å². The quantitative estimate of drug-likeness (QED) is 0.769. The predicted molar refractivity (Wildman–Crippen MR) is 75.1 cm³/mol. The van der Waals surface area contributed by atoms with Gasteiger partial charge >= 0.3 is 0 Å². The molecular weight excluding hydrogens is 228 g/mol. The molecule has 0 amide bonds. The number of hydrogen-bond donors (Lipinski definition) is 1. The van der Waals surface area contributed by atoms with Crippen LogP contribution in [0.1, 0.15) is 33.0 Å². The van der Waals surface area contributed by atoms with Gasteiger partial charge in [0.2, 0.25) is 0 Å². The van der Waals surface area contributed by atoms with Gasteiger partial charge in [0.05, 0.1) is 0 Å². The Kier molecular flexibility index (Phi) is 6.43. The second-order valence-corrected chi connectivity index (χ2v) is 3.99. The topological polar surface area (TPSA) is 50.3 Å². The Hall–Kier alpha value is -1.36. The lowest BCUT2D eigenvalue weighted by Crippen LogP contribution is -2.25. The molecule has 1 N–H and O–H groups in total. The molecule has 0 radical (unpaired) electrons. The van der Waals surface area contributed by atoms with Crippen LogP contribution in [0.3, 0.4) is 0 Å². The lowest BCUT2D eigenvalue weighted by atomic mass is 10.3. The zero-order chi connectivity index (χ0) is 13.4. The van der Waals surface area contributed by atoms with Crippen molar-refractivity contribution in [2.75, 3.05) is 37.0 Å². The highest BCUT2D eigenvalue weighted by molar-refractivity contribution is 5.49. The van der Waals surface area contributed by atoms with Crippen molar-refractivity contribution < 1.29 is 4.74 Å². The molecule has 1 aromatic rings. The van der Waals surface area contributed by atoms with Crippen LogP contribution in [-0.2, 0) is 11.3 Å². The minimum Gasteiger partial charge on any atom is -0.374 e. The van der Waals surface area contributed by atoms with Gasteiger partial charge in [0, 0.05) is 32.8 Å². The molecule has 0 saturated carbocycles. The smallest absolute Gasteiger partial charge is 0.158 e. The average molecular weight is 252 g/mol. The molecule has 0 aliphatic rings. The fourth-order valence-electron chi connectivity index (χ4n) is 1.74. The normalized spacial score (nSPS) is 10.4. The van der Waals surface area contributed by atoms with Crippen molar-refractivity contribution in [3.05, 3.63) is 11.9 Å². The predicted octanol–water partition coefficient (Wildman–Crippen LogP) is 2.29. The van der Waals surface area contributed by atoms with Gasteiger partial charge in [-0.3, -0.25) is 0 Å². The van der Waals surface area contributed by atoms with E-state index in [1.54, 1.807) is 0 Å². The summed E-state index contributed by atoms with van der Waals surface area (Å²) < 4.78 is 5.38. The van der Waals surface area contributed by atoms with E-state index in [0.717, 1.165) is 37.0 Å². The summed E-state index contributed by atoms with van der Waals surface area (Å²) in [5, 5.41) is 3.07. The number of nitrogens with zero attached hydrogens (tertiary/aromatic N) is 3. The minimum absolute atomic E-state index is 0.461. The van der Waals surface area contributed by atoms with E-state index in [1.165, 1.54) is 0 Å². The highest BCUT2D eigenvalue weighted by Crippen LogP contribution is 2.16. The molecule has 0 fully saturated rings. The number of aromatic nitrogens is 2. The molecule has 1 aromatic heterocycles. The third kappa shape index (κ3) is 4.14. The van der Waals surface area contributed by atoms with Crippen molar-refractivity contribution in [3.8, 4) is 0 Å². The van der Waals surface area contributed by atoms with Gasteiger partial charge in [-0.05, 0) is 20.3 Å². The molecule has 0 bridgehead atoms. The first kappa shape index (κ1) is 14.7.